The number of nitro benzene ring substituents is 1. The molecule has 168 valence electrons. The number of nitro groups is 1. The Morgan fingerprint density at radius 1 is 0.781 bits per heavy atom. The lowest BCUT2D eigenvalue weighted by Gasteiger charge is -2.14. The molecule has 0 saturated carbocycles. The fraction of sp³-hybridized carbons (Fsp3) is 0.100. The fourth-order valence-corrected chi connectivity index (χ4v) is 5.12. The van der Waals surface area contributed by atoms with Crippen molar-refractivity contribution in [1.29, 1.82) is 0 Å². The van der Waals surface area contributed by atoms with Gasteiger partial charge in [0, 0.05) is 22.3 Å². The van der Waals surface area contributed by atoms with Crippen molar-refractivity contribution in [2.24, 2.45) is 0 Å². The van der Waals surface area contributed by atoms with Crippen LogP contribution >= 0.6 is 11.6 Å². The molecule has 0 radical (unpaired) electrons. The summed E-state index contributed by atoms with van der Waals surface area (Å²) in [6, 6.07) is 13.5. The van der Waals surface area contributed by atoms with Crippen LogP contribution in [-0.4, -0.2) is 21.8 Å². The summed E-state index contributed by atoms with van der Waals surface area (Å²) >= 11 is 5.81. The zero-order chi connectivity index (χ0) is 23.7. The highest BCUT2D eigenvalue weighted by atomic mass is 35.5. The summed E-state index contributed by atoms with van der Waals surface area (Å²) in [6.07, 6.45) is 0. The minimum Gasteiger partial charge on any atom is -0.280 e. The molecule has 0 fully saturated rings. The van der Waals surface area contributed by atoms with Crippen molar-refractivity contribution >= 4 is 48.7 Å². The average molecular weight is 496 g/mol. The van der Waals surface area contributed by atoms with Crippen molar-refractivity contribution in [1.82, 2.24) is 0 Å². The van der Waals surface area contributed by atoms with Crippen LogP contribution < -0.4 is 9.44 Å². The molecular weight excluding hydrogens is 478 g/mol. The summed E-state index contributed by atoms with van der Waals surface area (Å²) in [5.41, 5.74) is 0.733. The molecular formula is C20H18ClN3O6S2. The molecule has 0 amide bonds. The van der Waals surface area contributed by atoms with Crippen LogP contribution in [-0.2, 0) is 20.0 Å². The molecule has 0 saturated heterocycles. The predicted octanol–water partition coefficient (Wildman–Crippen LogP) is 4.47. The summed E-state index contributed by atoms with van der Waals surface area (Å²) in [6.45, 7) is 3.09. The molecule has 0 spiro atoms. The summed E-state index contributed by atoms with van der Waals surface area (Å²) < 4.78 is 55.8. The lowest BCUT2D eigenvalue weighted by molar-refractivity contribution is -0.385. The van der Waals surface area contributed by atoms with Crippen LogP contribution in [0, 0.1) is 24.0 Å². The van der Waals surface area contributed by atoms with Crippen molar-refractivity contribution in [2.45, 2.75) is 23.6 Å². The summed E-state index contributed by atoms with van der Waals surface area (Å²) in [5, 5.41) is 11.6. The number of halogens is 1. The first kappa shape index (κ1) is 23.5. The Hall–Kier alpha value is -3.15. The van der Waals surface area contributed by atoms with Crippen molar-refractivity contribution in [3.8, 4) is 0 Å². The number of aryl methyl sites for hydroxylation is 2. The largest absolute Gasteiger partial charge is 0.280 e. The standard InChI is InChI=1S/C20H18ClN3O6S2/c1-13-3-9-17(31(27,28)22-16-7-5-15(21)6-8-16)11-19(13)23-32(29,30)18-10-4-14(2)20(12-18)24(25)26/h3-12,22-23H,1-2H3. The van der Waals surface area contributed by atoms with E-state index >= 15 is 0 Å². The lowest BCUT2D eigenvalue weighted by atomic mass is 10.2. The van der Waals surface area contributed by atoms with E-state index in [-0.39, 0.29) is 26.9 Å². The molecule has 3 aromatic carbocycles. The third-order valence-electron chi connectivity index (χ3n) is 4.55. The van der Waals surface area contributed by atoms with Gasteiger partial charge < -0.3 is 0 Å². The van der Waals surface area contributed by atoms with E-state index in [9.17, 15) is 26.9 Å². The molecule has 0 unspecified atom stereocenters. The molecule has 0 aromatic heterocycles. The molecule has 0 heterocycles. The van der Waals surface area contributed by atoms with Gasteiger partial charge in [0.25, 0.3) is 25.7 Å². The molecule has 0 aliphatic carbocycles. The predicted molar refractivity (Wildman–Crippen MR) is 122 cm³/mol. The van der Waals surface area contributed by atoms with E-state index in [1.165, 1.54) is 61.5 Å². The van der Waals surface area contributed by atoms with E-state index in [0.717, 1.165) is 6.07 Å². The van der Waals surface area contributed by atoms with Crippen LogP contribution in [0.1, 0.15) is 11.1 Å². The van der Waals surface area contributed by atoms with Gasteiger partial charge in [-0.15, -0.1) is 0 Å². The third kappa shape index (κ3) is 5.18. The van der Waals surface area contributed by atoms with E-state index in [0.29, 0.717) is 16.1 Å². The van der Waals surface area contributed by atoms with Gasteiger partial charge in [0.05, 0.1) is 20.4 Å². The number of benzene rings is 3. The first-order valence-corrected chi connectivity index (χ1v) is 12.4. The lowest BCUT2D eigenvalue weighted by Crippen LogP contribution is -2.16. The maximum absolute atomic E-state index is 12.8. The number of nitrogens with zero attached hydrogens (tertiary/aromatic N) is 1. The van der Waals surface area contributed by atoms with Gasteiger partial charge in [-0.05, 0) is 61.9 Å². The van der Waals surface area contributed by atoms with Crippen LogP contribution in [0.4, 0.5) is 17.1 Å². The quantitative estimate of drug-likeness (QED) is 0.366. The molecule has 0 aliphatic rings. The topological polar surface area (TPSA) is 135 Å². The summed E-state index contributed by atoms with van der Waals surface area (Å²) in [7, 11) is -8.25. The van der Waals surface area contributed by atoms with Gasteiger partial charge in [-0.25, -0.2) is 16.8 Å². The van der Waals surface area contributed by atoms with Gasteiger partial charge in [0.15, 0.2) is 0 Å². The normalized spacial score (nSPS) is 11.7. The van der Waals surface area contributed by atoms with E-state index in [2.05, 4.69) is 9.44 Å². The summed E-state index contributed by atoms with van der Waals surface area (Å²) in [4.78, 5) is 9.98. The van der Waals surface area contributed by atoms with E-state index in [4.69, 9.17) is 11.6 Å². The Morgan fingerprint density at radius 2 is 1.31 bits per heavy atom. The number of anilines is 2. The van der Waals surface area contributed by atoms with Gasteiger partial charge in [0.2, 0.25) is 0 Å². The minimum atomic E-state index is -4.22. The van der Waals surface area contributed by atoms with E-state index in [1.54, 1.807) is 6.92 Å². The Balaban J connectivity index is 1.94. The van der Waals surface area contributed by atoms with Crippen LogP contribution in [0.15, 0.2) is 70.5 Å². The molecule has 0 bridgehead atoms. The number of nitrogens with one attached hydrogen (secondary N) is 2. The Kier molecular flexibility index (Phi) is 6.44. The van der Waals surface area contributed by atoms with Gasteiger partial charge >= 0.3 is 0 Å². The number of sulfonamides is 2. The Morgan fingerprint density at radius 3 is 1.91 bits per heavy atom. The maximum atomic E-state index is 12.8. The van der Waals surface area contributed by atoms with Gasteiger partial charge in [0.1, 0.15) is 0 Å². The monoisotopic (exact) mass is 495 g/mol. The van der Waals surface area contributed by atoms with Crippen LogP contribution in [0.25, 0.3) is 0 Å². The molecule has 32 heavy (non-hydrogen) atoms. The maximum Gasteiger partial charge on any atom is 0.273 e. The van der Waals surface area contributed by atoms with Gasteiger partial charge in [-0.2, -0.15) is 0 Å². The highest BCUT2D eigenvalue weighted by molar-refractivity contribution is 7.93. The molecule has 3 rings (SSSR count). The molecule has 3 aromatic rings. The zero-order valence-corrected chi connectivity index (χ0v) is 19.3. The van der Waals surface area contributed by atoms with Crippen molar-refractivity contribution in [2.75, 3.05) is 9.44 Å². The van der Waals surface area contributed by atoms with Gasteiger partial charge in [-0.3, -0.25) is 19.6 Å². The van der Waals surface area contributed by atoms with E-state index in [1.807, 2.05) is 0 Å². The SMILES string of the molecule is Cc1ccc(S(=O)(=O)Nc2ccc(Cl)cc2)cc1NS(=O)(=O)c1ccc(C)c([N+](=O)[O-])c1. The Bertz CT molecular complexity index is 1410. The highest BCUT2D eigenvalue weighted by Gasteiger charge is 2.22. The second-order valence-corrected chi connectivity index (χ2v) is 10.7. The second kappa shape index (κ2) is 8.77. The zero-order valence-electron chi connectivity index (χ0n) is 16.9. The smallest absolute Gasteiger partial charge is 0.273 e. The molecule has 0 aliphatic heterocycles. The van der Waals surface area contributed by atoms with Crippen molar-refractivity contribution in [3.63, 3.8) is 0 Å². The van der Waals surface area contributed by atoms with Crippen molar-refractivity contribution in [3.05, 3.63) is 86.9 Å². The van der Waals surface area contributed by atoms with Crippen LogP contribution in [0.5, 0.6) is 0 Å². The minimum absolute atomic E-state index is 0.0206. The molecule has 0 atom stereocenters. The Labute approximate surface area is 190 Å². The average Bonchev–Trinajstić information content (AvgIpc) is 2.71. The number of rotatable bonds is 7. The molecule has 12 heteroatoms. The second-order valence-electron chi connectivity index (χ2n) is 6.90. The molecule has 9 nitrogen and oxygen atoms in total. The number of hydrogen-bond donors (Lipinski definition) is 2. The molecule has 2 N–H and O–H groups in total. The first-order chi connectivity index (χ1) is 14.9. The number of hydrogen-bond acceptors (Lipinski definition) is 6. The first-order valence-electron chi connectivity index (χ1n) is 9.06. The van der Waals surface area contributed by atoms with E-state index < -0.39 is 25.0 Å². The fourth-order valence-electron chi connectivity index (χ4n) is 2.77. The van der Waals surface area contributed by atoms with Crippen LogP contribution in [0.3, 0.4) is 0 Å². The summed E-state index contributed by atoms with van der Waals surface area (Å²) in [5.74, 6) is 0. The van der Waals surface area contributed by atoms with Crippen LogP contribution in [0.2, 0.25) is 5.02 Å². The van der Waals surface area contributed by atoms with Crippen molar-refractivity contribution < 1.29 is 21.8 Å². The highest BCUT2D eigenvalue weighted by Crippen LogP contribution is 2.27. The third-order valence-corrected chi connectivity index (χ3v) is 7.54. The van der Waals surface area contributed by atoms with Gasteiger partial charge in [-0.1, -0.05) is 23.7 Å².